The van der Waals surface area contributed by atoms with E-state index in [4.69, 9.17) is 9.84 Å². The van der Waals surface area contributed by atoms with E-state index >= 15 is 0 Å². The van der Waals surface area contributed by atoms with E-state index < -0.39 is 0 Å². The minimum Gasteiger partial charge on any atom is -0.394 e. The van der Waals surface area contributed by atoms with Gasteiger partial charge in [0, 0.05) is 13.1 Å². The summed E-state index contributed by atoms with van der Waals surface area (Å²) in [6, 6.07) is 0. The van der Waals surface area contributed by atoms with Crippen molar-refractivity contribution in [2.45, 2.75) is 25.9 Å². The van der Waals surface area contributed by atoms with E-state index in [0.29, 0.717) is 31.2 Å². The van der Waals surface area contributed by atoms with Gasteiger partial charge in [-0.3, -0.25) is 0 Å². The number of rotatable bonds is 4. The predicted octanol–water partition coefficient (Wildman–Crippen LogP) is 0.902. The molecule has 0 amide bonds. The lowest BCUT2D eigenvalue weighted by Gasteiger charge is -2.32. The molecule has 1 N–H and O–H groups in total. The molecule has 0 bridgehead atoms. The Labute approximate surface area is 106 Å². The number of piperidine rings is 1. The number of hydrogen-bond acceptors (Lipinski definition) is 5. The molecule has 0 radical (unpaired) electrons. The number of ether oxygens (including phenoxy) is 1. The van der Waals surface area contributed by atoms with Crippen LogP contribution in [0.1, 0.15) is 18.5 Å². The van der Waals surface area contributed by atoms with Crippen LogP contribution in [0.5, 0.6) is 0 Å². The Hall–Kier alpha value is -1.27. The first-order valence-electron chi connectivity index (χ1n) is 6.17. The monoisotopic (exact) mass is 255 g/mol. The number of aliphatic hydroxyl groups excluding tert-OH is 1. The van der Waals surface area contributed by atoms with Gasteiger partial charge in [-0.25, -0.2) is 14.4 Å². The molecular formula is C12H18FN3O2. The third-order valence-corrected chi connectivity index (χ3v) is 3.13. The molecule has 6 heteroatoms. The molecule has 0 saturated carbocycles. The molecule has 5 nitrogen and oxygen atoms in total. The minimum atomic E-state index is -0.341. The van der Waals surface area contributed by atoms with Gasteiger partial charge in [0.1, 0.15) is 6.33 Å². The molecule has 2 heterocycles. The third kappa shape index (κ3) is 2.94. The number of hydrogen-bond donors (Lipinski definition) is 1. The number of nitrogens with zero attached hydrogens (tertiary/aromatic N) is 3. The van der Waals surface area contributed by atoms with Crippen molar-refractivity contribution in [3.8, 4) is 0 Å². The molecular weight excluding hydrogens is 237 g/mol. The van der Waals surface area contributed by atoms with Crippen LogP contribution < -0.4 is 4.90 Å². The summed E-state index contributed by atoms with van der Waals surface area (Å²) >= 11 is 0. The Balaban J connectivity index is 1.95. The number of anilines is 1. The zero-order valence-corrected chi connectivity index (χ0v) is 10.5. The van der Waals surface area contributed by atoms with Crippen molar-refractivity contribution in [3.05, 3.63) is 17.8 Å². The maximum absolute atomic E-state index is 13.9. The second-order valence-corrected chi connectivity index (χ2v) is 4.38. The van der Waals surface area contributed by atoms with Crippen LogP contribution in [0.4, 0.5) is 10.2 Å². The number of halogens is 1. The average Bonchev–Trinajstić information content (AvgIpc) is 2.40. The Kier molecular flexibility index (Phi) is 4.43. The highest BCUT2D eigenvalue weighted by molar-refractivity contribution is 5.41. The molecule has 0 aliphatic carbocycles. The van der Waals surface area contributed by atoms with E-state index in [0.717, 1.165) is 12.8 Å². The first-order chi connectivity index (χ1) is 8.72. The summed E-state index contributed by atoms with van der Waals surface area (Å²) < 4.78 is 19.3. The van der Waals surface area contributed by atoms with Gasteiger partial charge in [-0.2, -0.15) is 0 Å². The Morgan fingerprint density at radius 3 is 2.83 bits per heavy atom. The Bertz CT molecular complexity index is 395. The summed E-state index contributed by atoms with van der Waals surface area (Å²) in [5.41, 5.74) is 0.374. The van der Waals surface area contributed by atoms with Crippen molar-refractivity contribution in [1.29, 1.82) is 0 Å². The van der Waals surface area contributed by atoms with Gasteiger partial charge >= 0.3 is 0 Å². The van der Waals surface area contributed by atoms with Crippen molar-refractivity contribution >= 4 is 5.82 Å². The molecule has 1 fully saturated rings. The summed E-state index contributed by atoms with van der Waals surface area (Å²) in [5, 5.41) is 8.69. The van der Waals surface area contributed by atoms with Gasteiger partial charge in [-0.15, -0.1) is 0 Å². The standard InChI is InChI=1S/C12H18FN3O2/c1-9-11(13)12(15-8-14-9)16-4-2-10(3-5-16)18-7-6-17/h8,10,17H,2-7H2,1H3. The van der Waals surface area contributed by atoms with E-state index in [1.807, 2.05) is 4.90 Å². The lowest BCUT2D eigenvalue weighted by Crippen LogP contribution is -2.38. The summed E-state index contributed by atoms with van der Waals surface area (Å²) in [7, 11) is 0. The average molecular weight is 255 g/mol. The third-order valence-electron chi connectivity index (χ3n) is 3.13. The van der Waals surface area contributed by atoms with E-state index in [1.165, 1.54) is 6.33 Å². The molecule has 1 aliphatic rings. The van der Waals surface area contributed by atoms with Gasteiger partial charge in [0.05, 0.1) is 25.0 Å². The van der Waals surface area contributed by atoms with Crippen molar-refractivity contribution in [3.63, 3.8) is 0 Å². The van der Waals surface area contributed by atoms with Crippen molar-refractivity contribution < 1.29 is 14.2 Å². The topological polar surface area (TPSA) is 58.5 Å². The van der Waals surface area contributed by atoms with E-state index in [1.54, 1.807) is 6.92 Å². The van der Waals surface area contributed by atoms with Crippen LogP contribution in [0.15, 0.2) is 6.33 Å². The lowest BCUT2D eigenvalue weighted by molar-refractivity contribution is 0.0157. The van der Waals surface area contributed by atoms with Gasteiger partial charge in [-0.1, -0.05) is 0 Å². The zero-order valence-electron chi connectivity index (χ0n) is 10.5. The van der Waals surface area contributed by atoms with Gasteiger partial charge < -0.3 is 14.7 Å². The van der Waals surface area contributed by atoms with E-state index in [9.17, 15) is 4.39 Å². The normalized spacial score (nSPS) is 17.2. The molecule has 0 spiro atoms. The van der Waals surface area contributed by atoms with E-state index in [-0.39, 0.29) is 18.5 Å². The van der Waals surface area contributed by atoms with E-state index in [2.05, 4.69) is 9.97 Å². The predicted molar refractivity (Wildman–Crippen MR) is 65.0 cm³/mol. The number of aromatic nitrogens is 2. The van der Waals surface area contributed by atoms with Crippen molar-refractivity contribution in [1.82, 2.24) is 9.97 Å². The zero-order chi connectivity index (χ0) is 13.0. The van der Waals surface area contributed by atoms with Crippen LogP contribution in [0.2, 0.25) is 0 Å². The molecule has 18 heavy (non-hydrogen) atoms. The van der Waals surface area contributed by atoms with Gasteiger partial charge in [0.2, 0.25) is 0 Å². The Morgan fingerprint density at radius 1 is 1.44 bits per heavy atom. The van der Waals surface area contributed by atoms with Gasteiger partial charge in [-0.05, 0) is 19.8 Å². The summed E-state index contributed by atoms with van der Waals surface area (Å²) in [6.07, 6.45) is 3.19. The first-order valence-corrected chi connectivity index (χ1v) is 6.17. The highest BCUT2D eigenvalue weighted by Gasteiger charge is 2.23. The van der Waals surface area contributed by atoms with Crippen molar-refractivity contribution in [2.24, 2.45) is 0 Å². The molecule has 0 unspecified atom stereocenters. The van der Waals surface area contributed by atoms with Crippen LogP contribution in [-0.2, 0) is 4.74 Å². The van der Waals surface area contributed by atoms with Crippen LogP contribution in [-0.4, -0.2) is 47.5 Å². The molecule has 0 atom stereocenters. The molecule has 1 aliphatic heterocycles. The van der Waals surface area contributed by atoms with Crippen molar-refractivity contribution in [2.75, 3.05) is 31.2 Å². The Morgan fingerprint density at radius 2 is 2.17 bits per heavy atom. The maximum atomic E-state index is 13.9. The fourth-order valence-corrected chi connectivity index (χ4v) is 2.12. The molecule has 100 valence electrons. The summed E-state index contributed by atoms with van der Waals surface area (Å²) in [6.45, 7) is 3.47. The fraction of sp³-hybridized carbons (Fsp3) is 0.667. The fourth-order valence-electron chi connectivity index (χ4n) is 2.12. The van der Waals surface area contributed by atoms with Crippen LogP contribution >= 0.6 is 0 Å². The first kappa shape index (κ1) is 13.2. The minimum absolute atomic E-state index is 0.0416. The molecule has 1 aromatic rings. The smallest absolute Gasteiger partial charge is 0.186 e. The maximum Gasteiger partial charge on any atom is 0.186 e. The highest BCUT2D eigenvalue weighted by Crippen LogP contribution is 2.22. The number of aliphatic hydroxyl groups is 1. The lowest BCUT2D eigenvalue weighted by atomic mass is 10.1. The number of aryl methyl sites for hydroxylation is 1. The van der Waals surface area contributed by atoms with Gasteiger partial charge in [0.25, 0.3) is 0 Å². The molecule has 0 aromatic carbocycles. The highest BCUT2D eigenvalue weighted by atomic mass is 19.1. The SMILES string of the molecule is Cc1ncnc(N2CCC(OCCO)CC2)c1F. The quantitative estimate of drug-likeness (QED) is 0.866. The van der Waals surface area contributed by atoms with Gasteiger partial charge in [0.15, 0.2) is 11.6 Å². The second-order valence-electron chi connectivity index (χ2n) is 4.38. The molecule has 1 saturated heterocycles. The van der Waals surface area contributed by atoms with Crippen LogP contribution in [0, 0.1) is 12.7 Å². The molecule has 1 aromatic heterocycles. The van der Waals surface area contributed by atoms with Crippen LogP contribution in [0.3, 0.4) is 0 Å². The largest absolute Gasteiger partial charge is 0.394 e. The molecule has 2 rings (SSSR count). The summed E-state index contributed by atoms with van der Waals surface area (Å²) in [4.78, 5) is 9.75. The second kappa shape index (κ2) is 6.06. The van der Waals surface area contributed by atoms with Crippen LogP contribution in [0.25, 0.3) is 0 Å². The summed E-state index contributed by atoms with van der Waals surface area (Å²) in [5.74, 6) is 0.0373.